The van der Waals surface area contributed by atoms with Gasteiger partial charge in [-0.2, -0.15) is 4.57 Å². The summed E-state index contributed by atoms with van der Waals surface area (Å²) in [6.45, 7) is 2.77. The van der Waals surface area contributed by atoms with Crippen LogP contribution < -0.4 is 14.9 Å². The van der Waals surface area contributed by atoms with Gasteiger partial charge < -0.3 is 10.8 Å². The number of thiazole rings is 1. The molecule has 0 fully saturated rings. The molecule has 2 rings (SSSR count). The first-order valence-electron chi connectivity index (χ1n) is 5.80. The van der Waals surface area contributed by atoms with Gasteiger partial charge in [0, 0.05) is 6.92 Å². The van der Waals surface area contributed by atoms with Gasteiger partial charge in [0.2, 0.25) is 5.01 Å². The zero-order valence-electron chi connectivity index (χ0n) is 10.6. The van der Waals surface area contributed by atoms with Gasteiger partial charge in [-0.1, -0.05) is 11.3 Å². The largest absolute Gasteiger partial charge is 0.396 e. The second-order valence-electron chi connectivity index (χ2n) is 4.21. The lowest BCUT2D eigenvalue weighted by atomic mass is 10.3. The quantitative estimate of drug-likeness (QED) is 0.749. The number of nitrogens with zero attached hydrogens (tertiary/aromatic N) is 3. The van der Waals surface area contributed by atoms with Gasteiger partial charge in [0.25, 0.3) is 11.6 Å². The van der Waals surface area contributed by atoms with Crippen LogP contribution in [0.25, 0.3) is 0 Å². The Morgan fingerprint density at radius 3 is 3.00 bits per heavy atom. The van der Waals surface area contributed by atoms with Crippen LogP contribution in [0.5, 0.6) is 0 Å². The molecule has 0 aliphatic rings. The van der Waals surface area contributed by atoms with Gasteiger partial charge in [0.1, 0.15) is 11.8 Å². The summed E-state index contributed by atoms with van der Waals surface area (Å²) >= 11 is 1.64. The Morgan fingerprint density at radius 1 is 1.50 bits per heavy atom. The second-order valence-corrected chi connectivity index (χ2v) is 5.19. The third-order valence-corrected chi connectivity index (χ3v) is 3.87. The van der Waals surface area contributed by atoms with Gasteiger partial charge in [-0.15, -0.1) is 0 Å². The summed E-state index contributed by atoms with van der Waals surface area (Å²) < 4.78 is 4.06. The van der Waals surface area contributed by atoms with E-state index in [1.54, 1.807) is 11.3 Å². The molecule has 0 aliphatic carbocycles. The number of hydrogen-bond donors (Lipinski definition) is 2. The average molecular weight is 266 g/mol. The fourth-order valence-corrected chi connectivity index (χ4v) is 2.63. The average Bonchev–Trinajstić information content (AvgIpc) is 2.74. The zero-order valence-corrected chi connectivity index (χ0v) is 11.4. The molecule has 0 aliphatic heterocycles. The lowest BCUT2D eigenvalue weighted by Gasteiger charge is -2.00. The van der Waals surface area contributed by atoms with Crippen molar-refractivity contribution in [2.75, 3.05) is 12.3 Å². The van der Waals surface area contributed by atoms with Crippen LogP contribution in [0, 0.1) is 6.92 Å². The van der Waals surface area contributed by atoms with Crippen molar-refractivity contribution < 1.29 is 14.2 Å². The van der Waals surface area contributed by atoms with Crippen LogP contribution in [-0.4, -0.2) is 16.7 Å². The van der Waals surface area contributed by atoms with Crippen LogP contribution >= 0.6 is 11.3 Å². The van der Waals surface area contributed by atoms with E-state index in [2.05, 4.69) is 9.55 Å². The first-order chi connectivity index (χ1) is 8.61. The van der Waals surface area contributed by atoms with Crippen molar-refractivity contribution >= 4 is 17.2 Å². The SMILES string of the molecule is Cc1nc(N)c(C[n+]2ccsc2CCO)c[n+]1C. The zero-order chi connectivity index (χ0) is 13.1. The van der Waals surface area contributed by atoms with Crippen LogP contribution in [-0.2, 0) is 20.0 Å². The summed E-state index contributed by atoms with van der Waals surface area (Å²) in [7, 11) is 1.96. The van der Waals surface area contributed by atoms with Crippen LogP contribution in [0.15, 0.2) is 17.8 Å². The summed E-state index contributed by atoms with van der Waals surface area (Å²) in [6, 6.07) is 0. The van der Waals surface area contributed by atoms with E-state index in [0.29, 0.717) is 18.8 Å². The summed E-state index contributed by atoms with van der Waals surface area (Å²) in [6.07, 6.45) is 4.68. The Morgan fingerprint density at radius 2 is 2.28 bits per heavy atom. The maximum absolute atomic E-state index is 9.02. The van der Waals surface area contributed by atoms with E-state index in [9.17, 15) is 0 Å². The van der Waals surface area contributed by atoms with Crippen LogP contribution in [0.3, 0.4) is 0 Å². The number of aryl methyl sites for hydroxylation is 2. The number of aliphatic hydroxyl groups excluding tert-OH is 1. The summed E-state index contributed by atoms with van der Waals surface area (Å²) in [5.41, 5.74) is 6.94. The van der Waals surface area contributed by atoms with E-state index < -0.39 is 0 Å². The fraction of sp³-hybridized carbons (Fsp3) is 0.417. The molecule has 2 aromatic heterocycles. The Balaban J connectivity index is 2.28. The highest BCUT2D eigenvalue weighted by molar-refractivity contribution is 7.09. The highest BCUT2D eigenvalue weighted by Gasteiger charge is 2.19. The third-order valence-electron chi connectivity index (χ3n) is 2.90. The number of aliphatic hydroxyl groups is 1. The predicted molar refractivity (Wildman–Crippen MR) is 69.0 cm³/mol. The lowest BCUT2D eigenvalue weighted by Crippen LogP contribution is -2.40. The molecule has 2 heterocycles. The maximum Gasteiger partial charge on any atom is 0.297 e. The lowest BCUT2D eigenvalue weighted by molar-refractivity contribution is -0.699. The molecule has 6 heteroatoms. The Labute approximate surface area is 110 Å². The molecule has 0 atom stereocenters. The number of anilines is 1. The van der Waals surface area contributed by atoms with Crippen molar-refractivity contribution in [2.24, 2.45) is 7.05 Å². The molecule has 0 bridgehead atoms. The molecule has 0 saturated carbocycles. The summed E-state index contributed by atoms with van der Waals surface area (Å²) in [5, 5.41) is 12.2. The molecule has 3 N–H and O–H groups in total. The van der Waals surface area contributed by atoms with E-state index in [4.69, 9.17) is 10.8 Å². The van der Waals surface area contributed by atoms with E-state index >= 15 is 0 Å². The molecule has 18 heavy (non-hydrogen) atoms. The number of nitrogen functional groups attached to an aromatic ring is 1. The maximum atomic E-state index is 9.02. The normalized spacial score (nSPS) is 10.8. The van der Waals surface area contributed by atoms with Crippen LogP contribution in [0.4, 0.5) is 5.82 Å². The molecule has 0 radical (unpaired) electrons. The van der Waals surface area contributed by atoms with Crippen molar-refractivity contribution in [3.8, 4) is 0 Å². The molecule has 0 unspecified atom stereocenters. The van der Waals surface area contributed by atoms with E-state index in [0.717, 1.165) is 16.4 Å². The van der Waals surface area contributed by atoms with Crippen molar-refractivity contribution in [3.63, 3.8) is 0 Å². The standard InChI is InChI=1S/C12H17N4OS/c1-9-14-12(13)10(7-15(9)2)8-16-4-6-18-11(16)3-5-17/h4,6-7,13,17H,3,5,8H2,1-2H3/q+1/p+1. The minimum atomic E-state index is 0.163. The fourth-order valence-electron chi connectivity index (χ4n) is 1.80. The van der Waals surface area contributed by atoms with Crippen molar-refractivity contribution in [3.05, 3.63) is 34.2 Å². The molecule has 5 nitrogen and oxygen atoms in total. The summed E-state index contributed by atoms with van der Waals surface area (Å²) in [4.78, 5) is 4.31. The molecular weight excluding hydrogens is 248 g/mol. The number of hydrogen-bond acceptors (Lipinski definition) is 4. The van der Waals surface area contributed by atoms with Gasteiger partial charge in [0.05, 0.1) is 25.5 Å². The number of nitrogens with two attached hydrogens (primary N) is 1. The van der Waals surface area contributed by atoms with Crippen molar-refractivity contribution in [2.45, 2.75) is 19.9 Å². The third kappa shape index (κ3) is 2.65. The Hall–Kier alpha value is -1.53. The molecule has 2 aromatic rings. The molecule has 0 amide bonds. The molecule has 96 valence electrons. The molecule has 0 aromatic carbocycles. The van der Waals surface area contributed by atoms with E-state index in [1.165, 1.54) is 0 Å². The first kappa shape index (κ1) is 12.9. The minimum Gasteiger partial charge on any atom is -0.396 e. The first-order valence-corrected chi connectivity index (χ1v) is 6.68. The number of aromatic nitrogens is 3. The molecular formula is C12H18N4OS+2. The monoisotopic (exact) mass is 266 g/mol. The second kappa shape index (κ2) is 5.41. The highest BCUT2D eigenvalue weighted by Crippen LogP contribution is 2.08. The Bertz CT molecular complexity index is 553. The van der Waals surface area contributed by atoms with Crippen LogP contribution in [0.2, 0.25) is 0 Å². The topological polar surface area (TPSA) is 66.9 Å². The Kier molecular flexibility index (Phi) is 3.88. The van der Waals surface area contributed by atoms with Crippen molar-refractivity contribution in [1.82, 2.24) is 4.98 Å². The van der Waals surface area contributed by atoms with Gasteiger partial charge in [-0.05, 0) is 4.98 Å². The van der Waals surface area contributed by atoms with Gasteiger partial charge in [0.15, 0.2) is 12.7 Å². The smallest absolute Gasteiger partial charge is 0.297 e. The highest BCUT2D eigenvalue weighted by atomic mass is 32.1. The van der Waals surface area contributed by atoms with E-state index in [-0.39, 0.29) is 6.61 Å². The summed E-state index contributed by atoms with van der Waals surface area (Å²) in [5.74, 6) is 1.46. The minimum absolute atomic E-state index is 0.163. The van der Waals surface area contributed by atoms with Crippen molar-refractivity contribution in [1.29, 1.82) is 0 Å². The molecule has 0 saturated heterocycles. The molecule has 0 spiro atoms. The van der Waals surface area contributed by atoms with Crippen LogP contribution in [0.1, 0.15) is 16.4 Å². The van der Waals surface area contributed by atoms with Gasteiger partial charge >= 0.3 is 0 Å². The number of rotatable bonds is 4. The van der Waals surface area contributed by atoms with Gasteiger partial charge in [-0.3, -0.25) is 0 Å². The van der Waals surface area contributed by atoms with Gasteiger partial charge in [-0.25, -0.2) is 4.57 Å². The van der Waals surface area contributed by atoms with E-state index in [1.807, 2.05) is 36.3 Å². The predicted octanol–water partition coefficient (Wildman–Crippen LogP) is -0.271.